The summed E-state index contributed by atoms with van der Waals surface area (Å²) in [4.78, 5) is 26.4. The number of carbonyl (C=O) groups is 2. The maximum absolute atomic E-state index is 12.5. The summed E-state index contributed by atoms with van der Waals surface area (Å²) in [6.07, 6.45) is 4.90. The van der Waals surface area contributed by atoms with Gasteiger partial charge in [0.25, 0.3) is 0 Å². The van der Waals surface area contributed by atoms with E-state index >= 15 is 0 Å². The number of aryl methyl sites for hydroxylation is 1. The van der Waals surface area contributed by atoms with Crippen LogP contribution in [0.4, 0.5) is 5.69 Å². The fraction of sp³-hybridized carbons (Fsp3) is 0.529. The molecule has 21 heavy (non-hydrogen) atoms. The van der Waals surface area contributed by atoms with Crippen molar-refractivity contribution in [3.8, 4) is 0 Å². The first-order valence-electron chi connectivity index (χ1n) is 7.83. The lowest BCUT2D eigenvalue weighted by Gasteiger charge is -2.18. The van der Waals surface area contributed by atoms with Crippen molar-refractivity contribution in [2.75, 3.05) is 11.4 Å². The second-order valence-corrected chi connectivity index (χ2v) is 6.16. The highest BCUT2D eigenvalue weighted by molar-refractivity contribution is 6.01. The summed E-state index contributed by atoms with van der Waals surface area (Å²) >= 11 is 0. The molecule has 2 aliphatic rings. The summed E-state index contributed by atoms with van der Waals surface area (Å²) in [5, 5.41) is 2.95. The van der Waals surface area contributed by atoms with Gasteiger partial charge in [0.15, 0.2) is 0 Å². The second-order valence-electron chi connectivity index (χ2n) is 6.16. The lowest BCUT2D eigenvalue weighted by Crippen LogP contribution is -2.43. The van der Waals surface area contributed by atoms with Crippen LogP contribution in [0.3, 0.4) is 0 Å². The Morgan fingerprint density at radius 1 is 1.14 bits per heavy atom. The molecule has 1 aromatic rings. The number of benzene rings is 1. The average molecular weight is 286 g/mol. The number of nitrogens with one attached hydrogen (secondary N) is 1. The predicted molar refractivity (Wildman–Crippen MR) is 82.0 cm³/mol. The Labute approximate surface area is 125 Å². The maximum Gasteiger partial charge on any atom is 0.249 e. The Hall–Kier alpha value is -1.84. The van der Waals surface area contributed by atoms with Gasteiger partial charge in [-0.1, -0.05) is 30.5 Å². The zero-order valence-electron chi connectivity index (χ0n) is 12.5. The van der Waals surface area contributed by atoms with Gasteiger partial charge in [-0.2, -0.15) is 0 Å². The molecule has 2 fully saturated rings. The first-order chi connectivity index (χ1) is 10.1. The normalized spacial score (nSPS) is 22.8. The molecule has 1 aromatic carbocycles. The largest absolute Gasteiger partial charge is 0.344 e. The van der Waals surface area contributed by atoms with Gasteiger partial charge in [-0.15, -0.1) is 0 Å². The minimum Gasteiger partial charge on any atom is -0.344 e. The van der Waals surface area contributed by atoms with E-state index in [9.17, 15) is 9.59 Å². The minimum absolute atomic E-state index is 0.0187. The molecule has 0 radical (unpaired) electrons. The molecule has 1 saturated heterocycles. The van der Waals surface area contributed by atoms with Crippen LogP contribution in [0.25, 0.3) is 0 Å². The number of hydrogen-bond donors (Lipinski definition) is 1. The lowest BCUT2D eigenvalue weighted by atomic mass is 10.1. The van der Waals surface area contributed by atoms with Gasteiger partial charge in [0.2, 0.25) is 11.8 Å². The molecule has 1 heterocycles. The molecule has 1 saturated carbocycles. The number of amides is 2. The van der Waals surface area contributed by atoms with Crippen LogP contribution in [0.2, 0.25) is 0 Å². The standard InChI is InChI=1S/C17H22N2O2/c1-12-6-8-14(9-7-12)19-11-10-15(17(19)21)18-16(20)13-4-2-3-5-13/h6-9,13,15H,2-5,10-11H2,1H3,(H,18,20). The number of carbonyl (C=O) groups excluding carboxylic acids is 2. The van der Waals surface area contributed by atoms with Crippen LogP contribution in [0.1, 0.15) is 37.7 Å². The van der Waals surface area contributed by atoms with Crippen LogP contribution in [-0.2, 0) is 9.59 Å². The van der Waals surface area contributed by atoms with E-state index in [1.165, 1.54) is 5.56 Å². The van der Waals surface area contributed by atoms with E-state index in [0.717, 1.165) is 31.4 Å². The number of anilines is 1. The molecule has 0 aromatic heterocycles. The summed E-state index contributed by atoms with van der Waals surface area (Å²) in [6, 6.07) is 7.60. The van der Waals surface area contributed by atoms with Gasteiger partial charge in [0, 0.05) is 18.2 Å². The Kier molecular flexibility index (Phi) is 3.95. The molecule has 2 amide bonds. The molecule has 0 spiro atoms. The summed E-state index contributed by atoms with van der Waals surface area (Å²) in [5.74, 6) is 0.202. The zero-order valence-corrected chi connectivity index (χ0v) is 12.5. The van der Waals surface area contributed by atoms with E-state index in [-0.39, 0.29) is 23.8 Å². The third kappa shape index (κ3) is 2.94. The number of hydrogen-bond acceptors (Lipinski definition) is 2. The molecular weight excluding hydrogens is 264 g/mol. The number of rotatable bonds is 3. The summed E-state index contributed by atoms with van der Waals surface area (Å²) in [6.45, 7) is 2.71. The van der Waals surface area contributed by atoms with Crippen molar-refractivity contribution < 1.29 is 9.59 Å². The van der Waals surface area contributed by atoms with Crippen molar-refractivity contribution in [2.45, 2.75) is 45.1 Å². The topological polar surface area (TPSA) is 49.4 Å². The van der Waals surface area contributed by atoms with Crippen LogP contribution in [0.15, 0.2) is 24.3 Å². The quantitative estimate of drug-likeness (QED) is 0.927. The first kappa shape index (κ1) is 14.1. The van der Waals surface area contributed by atoms with Gasteiger partial charge in [-0.25, -0.2) is 0 Å². The van der Waals surface area contributed by atoms with Crippen LogP contribution in [0, 0.1) is 12.8 Å². The van der Waals surface area contributed by atoms with Crippen molar-refractivity contribution in [1.29, 1.82) is 0 Å². The molecule has 4 nitrogen and oxygen atoms in total. The summed E-state index contributed by atoms with van der Waals surface area (Å²) in [7, 11) is 0. The maximum atomic E-state index is 12.5. The fourth-order valence-corrected chi connectivity index (χ4v) is 3.27. The van der Waals surface area contributed by atoms with E-state index in [4.69, 9.17) is 0 Å². The van der Waals surface area contributed by atoms with E-state index in [1.54, 1.807) is 4.90 Å². The molecule has 1 atom stereocenters. The molecule has 1 aliphatic heterocycles. The molecule has 0 bridgehead atoms. The minimum atomic E-state index is -0.348. The van der Waals surface area contributed by atoms with Crippen LogP contribution in [-0.4, -0.2) is 24.4 Å². The van der Waals surface area contributed by atoms with E-state index in [1.807, 2.05) is 31.2 Å². The second kappa shape index (κ2) is 5.88. The highest BCUT2D eigenvalue weighted by Gasteiger charge is 2.35. The van der Waals surface area contributed by atoms with Gasteiger partial charge < -0.3 is 10.2 Å². The first-order valence-corrected chi connectivity index (χ1v) is 7.83. The summed E-state index contributed by atoms with van der Waals surface area (Å²) in [5.41, 5.74) is 2.10. The molecule has 112 valence electrons. The Morgan fingerprint density at radius 3 is 2.48 bits per heavy atom. The highest BCUT2D eigenvalue weighted by atomic mass is 16.2. The van der Waals surface area contributed by atoms with E-state index in [0.29, 0.717) is 13.0 Å². The molecular formula is C17H22N2O2. The fourth-order valence-electron chi connectivity index (χ4n) is 3.27. The SMILES string of the molecule is Cc1ccc(N2CCC(NC(=O)C3CCCC3)C2=O)cc1. The average Bonchev–Trinajstić information content (AvgIpc) is 3.11. The van der Waals surface area contributed by atoms with Crippen LogP contribution in [0.5, 0.6) is 0 Å². The van der Waals surface area contributed by atoms with Crippen molar-refractivity contribution in [3.05, 3.63) is 29.8 Å². The Morgan fingerprint density at radius 2 is 1.81 bits per heavy atom. The third-order valence-corrected chi connectivity index (χ3v) is 4.59. The van der Waals surface area contributed by atoms with Gasteiger partial charge in [0.05, 0.1) is 0 Å². The van der Waals surface area contributed by atoms with Gasteiger partial charge in [-0.05, 0) is 38.3 Å². The van der Waals surface area contributed by atoms with Crippen LogP contribution < -0.4 is 10.2 Å². The Bertz CT molecular complexity index is 532. The Balaban J connectivity index is 1.63. The van der Waals surface area contributed by atoms with Gasteiger partial charge in [-0.3, -0.25) is 9.59 Å². The summed E-state index contributed by atoms with van der Waals surface area (Å²) < 4.78 is 0. The molecule has 4 heteroatoms. The zero-order chi connectivity index (χ0) is 14.8. The lowest BCUT2D eigenvalue weighted by molar-refractivity contribution is -0.129. The van der Waals surface area contributed by atoms with Gasteiger partial charge in [0.1, 0.15) is 6.04 Å². The van der Waals surface area contributed by atoms with Crippen molar-refractivity contribution in [3.63, 3.8) is 0 Å². The molecule has 3 rings (SSSR count). The van der Waals surface area contributed by atoms with Crippen molar-refractivity contribution in [2.24, 2.45) is 5.92 Å². The van der Waals surface area contributed by atoms with Gasteiger partial charge >= 0.3 is 0 Å². The number of nitrogens with zero attached hydrogens (tertiary/aromatic N) is 1. The predicted octanol–water partition coefficient (Wildman–Crippen LogP) is 2.41. The van der Waals surface area contributed by atoms with E-state index in [2.05, 4.69) is 5.32 Å². The van der Waals surface area contributed by atoms with Crippen molar-refractivity contribution in [1.82, 2.24) is 5.32 Å². The van der Waals surface area contributed by atoms with Crippen LogP contribution >= 0.6 is 0 Å². The van der Waals surface area contributed by atoms with E-state index < -0.39 is 0 Å². The third-order valence-electron chi connectivity index (χ3n) is 4.59. The molecule has 1 aliphatic carbocycles. The smallest absolute Gasteiger partial charge is 0.249 e. The highest BCUT2D eigenvalue weighted by Crippen LogP contribution is 2.26. The monoisotopic (exact) mass is 286 g/mol. The molecule has 1 unspecified atom stereocenters. The molecule has 1 N–H and O–H groups in total. The van der Waals surface area contributed by atoms with Crippen molar-refractivity contribution >= 4 is 17.5 Å².